The highest BCUT2D eigenvalue weighted by Gasteiger charge is 2.37. The van der Waals surface area contributed by atoms with Crippen LogP contribution in [0.3, 0.4) is 0 Å². The van der Waals surface area contributed by atoms with Gasteiger partial charge in [0.15, 0.2) is 0 Å². The first-order valence-electron chi connectivity index (χ1n) is 12.5. The van der Waals surface area contributed by atoms with Crippen molar-refractivity contribution in [2.24, 2.45) is 0 Å². The molecule has 3 amide bonds. The molecule has 0 spiro atoms. The summed E-state index contributed by atoms with van der Waals surface area (Å²) < 4.78 is 5.44. The molecule has 37 heavy (non-hydrogen) atoms. The minimum absolute atomic E-state index is 0.210. The zero-order valence-electron chi connectivity index (χ0n) is 22.9. The Labute approximate surface area is 221 Å². The second-order valence-corrected chi connectivity index (χ2v) is 10.9. The molecule has 0 saturated heterocycles. The average molecular weight is 506 g/mol. The Bertz CT molecular complexity index is 1120. The minimum Gasteiger partial charge on any atom is -0.444 e. The number of hydrogen-bond donors (Lipinski definition) is 2. The number of benzene rings is 2. The topological polar surface area (TPSA) is 87.7 Å². The van der Waals surface area contributed by atoms with Crippen LogP contribution in [0.5, 0.6) is 0 Å². The molecule has 0 radical (unpaired) electrons. The van der Waals surface area contributed by atoms with Gasteiger partial charge in [0, 0.05) is 24.1 Å². The Morgan fingerprint density at radius 2 is 1.57 bits per heavy atom. The third-order valence-electron chi connectivity index (χ3n) is 5.36. The summed E-state index contributed by atoms with van der Waals surface area (Å²) in [5.74, 6) is 1.85. The normalized spacial score (nSPS) is 13.0. The number of amides is 3. The van der Waals surface area contributed by atoms with Crippen molar-refractivity contribution in [1.82, 2.24) is 15.5 Å². The van der Waals surface area contributed by atoms with Gasteiger partial charge in [-0.05, 0) is 65.7 Å². The summed E-state index contributed by atoms with van der Waals surface area (Å²) in [5.41, 5.74) is 0.629. The van der Waals surface area contributed by atoms with Gasteiger partial charge < -0.3 is 20.3 Å². The zero-order chi connectivity index (χ0) is 27.8. The number of alkyl carbamates (subject to hydrolysis) is 1. The van der Waals surface area contributed by atoms with E-state index in [9.17, 15) is 14.4 Å². The third kappa shape index (κ3) is 8.98. The molecule has 2 unspecified atom stereocenters. The number of rotatable bonds is 8. The van der Waals surface area contributed by atoms with Crippen LogP contribution in [0.25, 0.3) is 0 Å². The maximum absolute atomic E-state index is 14.1. The number of nitrogens with one attached hydrogen (secondary N) is 2. The van der Waals surface area contributed by atoms with Gasteiger partial charge in [-0.1, -0.05) is 54.5 Å². The zero-order valence-corrected chi connectivity index (χ0v) is 22.9. The molecule has 0 aliphatic carbocycles. The first-order chi connectivity index (χ1) is 17.3. The van der Waals surface area contributed by atoms with Gasteiger partial charge in [0.25, 0.3) is 0 Å². The van der Waals surface area contributed by atoms with Crippen LogP contribution in [-0.2, 0) is 20.7 Å². The molecular formula is C30H39N3O4. The Morgan fingerprint density at radius 3 is 2.11 bits per heavy atom. The van der Waals surface area contributed by atoms with Crippen molar-refractivity contribution < 1.29 is 19.1 Å². The lowest BCUT2D eigenvalue weighted by Gasteiger charge is -2.35. The first-order valence-corrected chi connectivity index (χ1v) is 12.5. The fourth-order valence-corrected chi connectivity index (χ4v) is 3.92. The Morgan fingerprint density at radius 1 is 0.973 bits per heavy atom. The van der Waals surface area contributed by atoms with Crippen molar-refractivity contribution >= 4 is 17.9 Å². The highest BCUT2D eigenvalue weighted by Crippen LogP contribution is 2.26. The highest BCUT2D eigenvalue weighted by molar-refractivity contribution is 5.93. The Balaban J connectivity index is 2.54. The fourth-order valence-electron chi connectivity index (χ4n) is 3.92. The molecule has 0 aromatic heterocycles. The molecule has 0 bridgehead atoms. The van der Waals surface area contributed by atoms with Crippen LogP contribution in [0, 0.1) is 12.3 Å². The first kappa shape index (κ1) is 29.4. The van der Waals surface area contributed by atoms with E-state index >= 15 is 0 Å². The largest absolute Gasteiger partial charge is 0.444 e. The lowest BCUT2D eigenvalue weighted by atomic mass is 9.95. The monoisotopic (exact) mass is 505 g/mol. The van der Waals surface area contributed by atoms with E-state index in [1.165, 1.54) is 4.90 Å². The van der Waals surface area contributed by atoms with Gasteiger partial charge in [-0.25, -0.2) is 4.79 Å². The van der Waals surface area contributed by atoms with Crippen LogP contribution in [0.15, 0.2) is 54.6 Å². The molecule has 198 valence electrons. The summed E-state index contributed by atoms with van der Waals surface area (Å²) in [6.45, 7) is 12.9. The average Bonchev–Trinajstić information content (AvgIpc) is 2.80. The van der Waals surface area contributed by atoms with Crippen molar-refractivity contribution in [2.75, 3.05) is 6.54 Å². The summed E-state index contributed by atoms with van der Waals surface area (Å²) in [6.07, 6.45) is 5.27. The number of likely N-dealkylation sites (N-methyl/N-ethyl adjacent to an activating group) is 1. The van der Waals surface area contributed by atoms with Gasteiger partial charge in [0.1, 0.15) is 17.7 Å². The van der Waals surface area contributed by atoms with Gasteiger partial charge in [-0.15, -0.1) is 6.42 Å². The SMILES string of the molecule is C#Cc1ccccc1C(C(=O)NC(C)(C)C)N(CC)C(=O)C(Cc1ccccc1)NC(=O)OC(C)(C)C. The molecule has 7 heteroatoms. The molecule has 2 aromatic carbocycles. The molecule has 0 heterocycles. The predicted molar refractivity (Wildman–Crippen MR) is 146 cm³/mol. The Kier molecular flexibility index (Phi) is 9.90. The van der Waals surface area contributed by atoms with E-state index in [-0.39, 0.29) is 18.9 Å². The van der Waals surface area contributed by atoms with E-state index in [0.717, 1.165) is 5.56 Å². The van der Waals surface area contributed by atoms with E-state index in [1.807, 2.05) is 51.1 Å². The second-order valence-electron chi connectivity index (χ2n) is 10.9. The summed E-state index contributed by atoms with van der Waals surface area (Å²) in [4.78, 5) is 41.9. The van der Waals surface area contributed by atoms with Crippen LogP contribution in [0.1, 0.15) is 71.2 Å². The van der Waals surface area contributed by atoms with Crippen molar-refractivity contribution in [3.05, 3.63) is 71.3 Å². The smallest absolute Gasteiger partial charge is 0.408 e. The third-order valence-corrected chi connectivity index (χ3v) is 5.36. The van der Waals surface area contributed by atoms with Crippen LogP contribution in [0.2, 0.25) is 0 Å². The van der Waals surface area contributed by atoms with Gasteiger partial charge in [-0.2, -0.15) is 0 Å². The van der Waals surface area contributed by atoms with E-state index in [2.05, 4.69) is 16.6 Å². The molecule has 0 saturated carbocycles. The number of ether oxygens (including phenoxy) is 1. The highest BCUT2D eigenvalue weighted by atomic mass is 16.6. The maximum atomic E-state index is 14.1. The number of carbonyl (C=O) groups is 3. The molecule has 0 aliphatic heterocycles. The number of nitrogens with zero attached hydrogens (tertiary/aromatic N) is 1. The molecular weight excluding hydrogens is 466 g/mol. The van der Waals surface area contributed by atoms with Gasteiger partial charge in [-0.3, -0.25) is 9.59 Å². The van der Waals surface area contributed by atoms with E-state index in [4.69, 9.17) is 11.2 Å². The molecule has 0 aliphatic rings. The molecule has 2 atom stereocenters. The molecule has 2 N–H and O–H groups in total. The summed E-state index contributed by atoms with van der Waals surface area (Å²) in [6, 6.07) is 14.5. The molecule has 2 rings (SSSR count). The van der Waals surface area contributed by atoms with Crippen LogP contribution >= 0.6 is 0 Å². The number of hydrogen-bond acceptors (Lipinski definition) is 4. The van der Waals surface area contributed by atoms with Gasteiger partial charge in [0.05, 0.1) is 0 Å². The van der Waals surface area contributed by atoms with E-state index in [1.54, 1.807) is 52.0 Å². The van der Waals surface area contributed by atoms with Crippen molar-refractivity contribution in [3.8, 4) is 12.3 Å². The summed E-state index contributed by atoms with van der Waals surface area (Å²) in [5, 5.41) is 5.72. The maximum Gasteiger partial charge on any atom is 0.408 e. The van der Waals surface area contributed by atoms with E-state index < -0.39 is 35.2 Å². The standard InChI is InChI=1S/C30H39N3O4/c1-9-22-18-14-15-19-23(22)25(26(34)32-29(3,4)5)33(10-2)27(35)24(20-21-16-12-11-13-17-21)31-28(36)37-30(6,7)8/h1,11-19,24-25H,10,20H2,2-8H3,(H,31,36)(H,32,34). The van der Waals surface area contributed by atoms with Crippen LogP contribution in [-0.4, -0.2) is 46.5 Å². The van der Waals surface area contributed by atoms with Crippen molar-refractivity contribution in [2.45, 2.75) is 78.1 Å². The van der Waals surface area contributed by atoms with Gasteiger partial charge in [0.2, 0.25) is 11.8 Å². The van der Waals surface area contributed by atoms with Crippen LogP contribution in [0.4, 0.5) is 4.79 Å². The summed E-state index contributed by atoms with van der Waals surface area (Å²) in [7, 11) is 0. The molecule has 2 aromatic rings. The Hall–Kier alpha value is -3.79. The predicted octanol–water partition coefficient (Wildman–Crippen LogP) is 4.61. The lowest BCUT2D eigenvalue weighted by Crippen LogP contribution is -2.55. The number of terminal acetylenes is 1. The quantitative estimate of drug-likeness (QED) is 0.513. The van der Waals surface area contributed by atoms with Crippen molar-refractivity contribution in [1.29, 1.82) is 0 Å². The number of carbonyl (C=O) groups excluding carboxylic acids is 3. The fraction of sp³-hybridized carbons (Fsp3) is 0.433. The van der Waals surface area contributed by atoms with E-state index in [0.29, 0.717) is 11.1 Å². The van der Waals surface area contributed by atoms with Crippen molar-refractivity contribution in [3.63, 3.8) is 0 Å². The lowest BCUT2D eigenvalue weighted by molar-refractivity contribution is -0.142. The minimum atomic E-state index is -0.998. The van der Waals surface area contributed by atoms with Crippen LogP contribution < -0.4 is 10.6 Å². The molecule has 7 nitrogen and oxygen atoms in total. The summed E-state index contributed by atoms with van der Waals surface area (Å²) >= 11 is 0. The molecule has 0 fully saturated rings. The second kappa shape index (κ2) is 12.4. The van der Waals surface area contributed by atoms with Gasteiger partial charge >= 0.3 is 6.09 Å².